The van der Waals surface area contributed by atoms with Crippen LogP contribution >= 0.6 is 0 Å². The highest BCUT2D eigenvalue weighted by molar-refractivity contribution is 5.89. The molecule has 0 amide bonds. The highest BCUT2D eigenvalue weighted by Gasteiger charge is 2.30. The van der Waals surface area contributed by atoms with Gasteiger partial charge in [0.25, 0.3) is 0 Å². The summed E-state index contributed by atoms with van der Waals surface area (Å²) in [6.07, 6.45) is 7.90. The molecule has 0 saturated carbocycles. The first-order valence-corrected chi connectivity index (χ1v) is 5.81. The quantitative estimate of drug-likeness (QED) is 0.706. The standard InChI is InChI=1S/C13H12N4/c1-4-12-13(17-7-16-12)9-2-3-11-10(8(1)9)5-14-6-15-11/h1-6,12-13,16-17H,7H2. The lowest BCUT2D eigenvalue weighted by molar-refractivity contribution is 0.606. The Morgan fingerprint density at radius 3 is 3.24 bits per heavy atom. The van der Waals surface area contributed by atoms with Gasteiger partial charge in [0.2, 0.25) is 0 Å². The van der Waals surface area contributed by atoms with Gasteiger partial charge in [0.05, 0.1) is 11.6 Å². The Labute approximate surface area is 98.8 Å². The second kappa shape index (κ2) is 3.35. The molecule has 2 unspecified atom stereocenters. The van der Waals surface area contributed by atoms with Crippen LogP contribution < -0.4 is 10.6 Å². The molecule has 4 heteroatoms. The molecule has 1 aromatic heterocycles. The summed E-state index contributed by atoms with van der Waals surface area (Å²) in [5, 5.41) is 8.03. The van der Waals surface area contributed by atoms with Crippen molar-refractivity contribution in [3.05, 3.63) is 41.9 Å². The molecule has 2 heterocycles. The second-order valence-corrected chi connectivity index (χ2v) is 4.47. The Hall–Kier alpha value is -1.78. The minimum absolute atomic E-state index is 0.375. The van der Waals surface area contributed by atoms with Crippen LogP contribution in [-0.2, 0) is 0 Å². The first kappa shape index (κ1) is 9.27. The van der Waals surface area contributed by atoms with Gasteiger partial charge in [0, 0.05) is 24.3 Å². The number of aromatic nitrogens is 2. The normalized spacial score (nSPS) is 25.9. The van der Waals surface area contributed by atoms with Crippen LogP contribution in [0.15, 0.2) is 30.7 Å². The predicted molar refractivity (Wildman–Crippen MR) is 66.2 cm³/mol. The van der Waals surface area contributed by atoms with Gasteiger partial charge >= 0.3 is 0 Å². The first-order chi connectivity index (χ1) is 8.43. The third kappa shape index (κ3) is 1.25. The zero-order valence-corrected chi connectivity index (χ0v) is 9.22. The molecule has 2 aliphatic rings. The van der Waals surface area contributed by atoms with Crippen LogP contribution in [0.25, 0.3) is 17.0 Å². The Kier molecular flexibility index (Phi) is 1.83. The lowest BCUT2D eigenvalue weighted by atomic mass is 9.88. The Morgan fingerprint density at radius 2 is 2.24 bits per heavy atom. The topological polar surface area (TPSA) is 49.8 Å². The van der Waals surface area contributed by atoms with Crippen LogP contribution in [0.5, 0.6) is 0 Å². The van der Waals surface area contributed by atoms with Gasteiger partial charge in [-0.1, -0.05) is 18.2 Å². The van der Waals surface area contributed by atoms with E-state index in [1.165, 1.54) is 11.1 Å². The summed E-state index contributed by atoms with van der Waals surface area (Å²) >= 11 is 0. The molecule has 2 atom stereocenters. The summed E-state index contributed by atoms with van der Waals surface area (Å²) in [6, 6.07) is 5.03. The van der Waals surface area contributed by atoms with E-state index in [0.717, 1.165) is 17.6 Å². The molecular weight excluding hydrogens is 212 g/mol. The zero-order valence-electron chi connectivity index (χ0n) is 9.22. The molecule has 2 N–H and O–H groups in total. The summed E-state index contributed by atoms with van der Waals surface area (Å²) in [7, 11) is 0. The maximum atomic E-state index is 4.29. The highest BCUT2D eigenvalue weighted by atomic mass is 15.2. The highest BCUT2D eigenvalue weighted by Crippen LogP contribution is 2.33. The molecule has 1 aliphatic carbocycles. The maximum Gasteiger partial charge on any atom is 0.116 e. The monoisotopic (exact) mass is 224 g/mol. The molecule has 0 bridgehead atoms. The molecule has 0 spiro atoms. The number of hydrogen-bond donors (Lipinski definition) is 2. The fourth-order valence-corrected chi connectivity index (χ4v) is 2.76. The van der Waals surface area contributed by atoms with Crippen LogP contribution in [0.2, 0.25) is 0 Å². The lowest BCUT2D eigenvalue weighted by Gasteiger charge is -2.23. The number of fused-ring (bicyclic) bond motifs is 5. The Bertz CT molecular complexity index is 620. The van der Waals surface area contributed by atoms with Gasteiger partial charge in [-0.2, -0.15) is 0 Å². The van der Waals surface area contributed by atoms with E-state index in [4.69, 9.17) is 0 Å². The molecule has 1 fully saturated rings. The van der Waals surface area contributed by atoms with Crippen molar-refractivity contribution >= 4 is 17.0 Å². The molecule has 4 rings (SSSR count). The maximum absolute atomic E-state index is 4.29. The van der Waals surface area contributed by atoms with Crippen molar-refractivity contribution < 1.29 is 0 Å². The molecule has 0 radical (unpaired) electrons. The molecule has 1 aliphatic heterocycles. The summed E-state index contributed by atoms with van der Waals surface area (Å²) < 4.78 is 0. The van der Waals surface area contributed by atoms with E-state index >= 15 is 0 Å². The third-order valence-corrected chi connectivity index (χ3v) is 3.59. The van der Waals surface area contributed by atoms with Gasteiger partial charge in [-0.3, -0.25) is 10.6 Å². The predicted octanol–water partition coefficient (Wildman–Crippen LogP) is 1.22. The number of rotatable bonds is 0. The van der Waals surface area contributed by atoms with E-state index in [-0.39, 0.29) is 0 Å². The first-order valence-electron chi connectivity index (χ1n) is 5.81. The molecule has 1 saturated heterocycles. The summed E-state index contributed by atoms with van der Waals surface area (Å²) in [5.41, 5.74) is 3.60. The Morgan fingerprint density at radius 1 is 1.24 bits per heavy atom. The van der Waals surface area contributed by atoms with E-state index in [2.05, 4.69) is 44.9 Å². The number of hydrogen-bond acceptors (Lipinski definition) is 4. The average Bonchev–Trinajstić information content (AvgIpc) is 2.86. The average molecular weight is 224 g/mol. The van der Waals surface area contributed by atoms with Crippen molar-refractivity contribution in [2.45, 2.75) is 12.1 Å². The van der Waals surface area contributed by atoms with Gasteiger partial charge in [-0.25, -0.2) is 9.97 Å². The zero-order chi connectivity index (χ0) is 11.2. The minimum Gasteiger partial charge on any atom is -0.296 e. The van der Waals surface area contributed by atoms with Gasteiger partial charge < -0.3 is 0 Å². The van der Waals surface area contributed by atoms with Crippen molar-refractivity contribution in [1.29, 1.82) is 0 Å². The van der Waals surface area contributed by atoms with Crippen LogP contribution in [0.4, 0.5) is 0 Å². The van der Waals surface area contributed by atoms with E-state index < -0.39 is 0 Å². The second-order valence-electron chi connectivity index (χ2n) is 4.47. The fraction of sp³-hybridized carbons (Fsp3) is 0.231. The van der Waals surface area contributed by atoms with Crippen LogP contribution in [-0.4, -0.2) is 22.7 Å². The van der Waals surface area contributed by atoms with Crippen molar-refractivity contribution in [1.82, 2.24) is 20.6 Å². The van der Waals surface area contributed by atoms with Crippen LogP contribution in [0.1, 0.15) is 17.2 Å². The molecule has 84 valence electrons. The van der Waals surface area contributed by atoms with Crippen LogP contribution in [0, 0.1) is 0 Å². The van der Waals surface area contributed by atoms with Crippen molar-refractivity contribution in [2.24, 2.45) is 0 Å². The van der Waals surface area contributed by atoms with Gasteiger partial charge in [-0.05, 0) is 17.2 Å². The number of benzene rings is 1. The molecule has 4 nitrogen and oxygen atoms in total. The van der Waals surface area contributed by atoms with Gasteiger partial charge in [0.15, 0.2) is 0 Å². The fourth-order valence-electron chi connectivity index (χ4n) is 2.76. The molecule has 1 aromatic carbocycles. The van der Waals surface area contributed by atoms with E-state index in [9.17, 15) is 0 Å². The van der Waals surface area contributed by atoms with Crippen molar-refractivity contribution in [2.75, 3.05) is 6.67 Å². The van der Waals surface area contributed by atoms with Crippen molar-refractivity contribution in [3.8, 4) is 0 Å². The van der Waals surface area contributed by atoms with Crippen molar-refractivity contribution in [3.63, 3.8) is 0 Å². The van der Waals surface area contributed by atoms with Gasteiger partial charge in [-0.15, -0.1) is 0 Å². The van der Waals surface area contributed by atoms with Gasteiger partial charge in [0.1, 0.15) is 6.33 Å². The summed E-state index contributed by atoms with van der Waals surface area (Å²) in [6.45, 7) is 0.864. The van der Waals surface area contributed by atoms with E-state index in [1.54, 1.807) is 6.33 Å². The van der Waals surface area contributed by atoms with E-state index in [0.29, 0.717) is 12.1 Å². The molecule has 17 heavy (non-hydrogen) atoms. The Balaban J connectivity index is 2.02. The van der Waals surface area contributed by atoms with Crippen LogP contribution in [0.3, 0.4) is 0 Å². The molecular formula is C13H12N4. The lowest BCUT2D eigenvalue weighted by Crippen LogP contribution is -2.27. The third-order valence-electron chi connectivity index (χ3n) is 3.59. The number of nitrogens with zero attached hydrogens (tertiary/aromatic N) is 2. The SMILES string of the molecule is C1=CC2NCNC2c2ccc3ncncc3c21. The largest absolute Gasteiger partial charge is 0.296 e. The smallest absolute Gasteiger partial charge is 0.116 e. The van der Waals surface area contributed by atoms with E-state index in [1.807, 2.05) is 6.20 Å². The molecule has 2 aromatic rings. The summed E-state index contributed by atoms with van der Waals surface area (Å²) in [5.74, 6) is 0. The summed E-state index contributed by atoms with van der Waals surface area (Å²) in [4.78, 5) is 8.42. The number of nitrogens with one attached hydrogen (secondary N) is 2. The minimum atomic E-state index is 0.375.